The maximum absolute atomic E-state index is 12.8. The molecule has 0 fully saturated rings. The van der Waals surface area contributed by atoms with Crippen LogP contribution in [0, 0.1) is 12.7 Å². The molecular weight excluding hydrogens is 297 g/mol. The lowest BCUT2D eigenvalue weighted by Gasteiger charge is -2.13. The molecule has 0 unspecified atom stereocenters. The van der Waals surface area contributed by atoms with Crippen LogP contribution in [-0.2, 0) is 20.7 Å². The molecule has 0 saturated carbocycles. The number of aryl methyl sites for hydroxylation is 1. The van der Waals surface area contributed by atoms with E-state index in [1.165, 1.54) is 31.2 Å². The van der Waals surface area contributed by atoms with E-state index in [9.17, 15) is 14.0 Å². The van der Waals surface area contributed by atoms with Gasteiger partial charge < -0.3 is 10.1 Å². The van der Waals surface area contributed by atoms with Gasteiger partial charge >= 0.3 is 5.97 Å². The van der Waals surface area contributed by atoms with Crippen molar-refractivity contribution in [3.63, 3.8) is 0 Å². The van der Waals surface area contributed by atoms with Gasteiger partial charge in [-0.3, -0.25) is 9.59 Å². The summed E-state index contributed by atoms with van der Waals surface area (Å²) in [7, 11) is 0. The molecule has 1 atom stereocenters. The van der Waals surface area contributed by atoms with Crippen LogP contribution in [0.4, 0.5) is 10.1 Å². The summed E-state index contributed by atoms with van der Waals surface area (Å²) < 4.78 is 17.9. The lowest BCUT2D eigenvalue weighted by atomic mass is 10.1. The lowest BCUT2D eigenvalue weighted by molar-refractivity contribution is -0.152. The molecule has 2 rings (SSSR count). The number of nitrogens with one attached hydrogen (secondary N) is 1. The number of esters is 1. The molecule has 0 heterocycles. The third kappa shape index (κ3) is 5.21. The van der Waals surface area contributed by atoms with Crippen LogP contribution < -0.4 is 5.32 Å². The van der Waals surface area contributed by atoms with Gasteiger partial charge in [-0.2, -0.15) is 0 Å². The SMILES string of the molecule is Cc1ccc(CC(=O)O[C@@H](C)C(=O)Nc2ccc(F)cc2)cc1. The number of anilines is 1. The first-order valence-electron chi connectivity index (χ1n) is 7.25. The first-order chi connectivity index (χ1) is 10.9. The van der Waals surface area contributed by atoms with Crippen molar-refractivity contribution in [2.75, 3.05) is 5.32 Å². The van der Waals surface area contributed by atoms with Crippen molar-refractivity contribution in [3.05, 3.63) is 65.5 Å². The highest BCUT2D eigenvalue weighted by molar-refractivity contribution is 5.95. The molecule has 0 bridgehead atoms. The molecule has 23 heavy (non-hydrogen) atoms. The van der Waals surface area contributed by atoms with Crippen LogP contribution in [0.15, 0.2) is 48.5 Å². The summed E-state index contributed by atoms with van der Waals surface area (Å²) in [6.07, 6.45) is -0.827. The zero-order valence-electron chi connectivity index (χ0n) is 13.0. The summed E-state index contributed by atoms with van der Waals surface area (Å²) in [6.45, 7) is 3.45. The van der Waals surface area contributed by atoms with Crippen molar-refractivity contribution in [2.24, 2.45) is 0 Å². The Hall–Kier alpha value is -2.69. The Kier molecular flexibility index (Phi) is 5.46. The monoisotopic (exact) mass is 315 g/mol. The van der Waals surface area contributed by atoms with Crippen molar-refractivity contribution in [1.82, 2.24) is 0 Å². The number of hydrogen-bond acceptors (Lipinski definition) is 3. The number of halogens is 1. The van der Waals surface area contributed by atoms with Gasteiger partial charge in [-0.05, 0) is 43.7 Å². The summed E-state index contributed by atoms with van der Waals surface area (Å²) in [5.74, 6) is -1.33. The van der Waals surface area contributed by atoms with E-state index in [1.807, 2.05) is 31.2 Å². The van der Waals surface area contributed by atoms with E-state index >= 15 is 0 Å². The molecule has 0 radical (unpaired) electrons. The van der Waals surface area contributed by atoms with E-state index in [0.717, 1.165) is 11.1 Å². The Labute approximate surface area is 134 Å². The van der Waals surface area contributed by atoms with Gasteiger partial charge in [0.2, 0.25) is 0 Å². The molecule has 2 aromatic rings. The van der Waals surface area contributed by atoms with Crippen molar-refractivity contribution >= 4 is 17.6 Å². The Bertz CT molecular complexity index is 680. The molecule has 0 aromatic heterocycles. The average molecular weight is 315 g/mol. The van der Waals surface area contributed by atoms with Crippen LogP contribution in [-0.4, -0.2) is 18.0 Å². The van der Waals surface area contributed by atoms with Gasteiger partial charge in [0.05, 0.1) is 6.42 Å². The maximum atomic E-state index is 12.8. The Morgan fingerprint density at radius 3 is 2.30 bits per heavy atom. The molecule has 1 N–H and O–H groups in total. The molecule has 0 spiro atoms. The van der Waals surface area contributed by atoms with E-state index < -0.39 is 18.0 Å². The van der Waals surface area contributed by atoms with Gasteiger partial charge in [-0.15, -0.1) is 0 Å². The van der Waals surface area contributed by atoms with Crippen molar-refractivity contribution in [2.45, 2.75) is 26.4 Å². The van der Waals surface area contributed by atoms with Crippen LogP contribution in [0.3, 0.4) is 0 Å². The van der Waals surface area contributed by atoms with E-state index in [4.69, 9.17) is 4.74 Å². The van der Waals surface area contributed by atoms with Crippen LogP contribution in [0.5, 0.6) is 0 Å². The van der Waals surface area contributed by atoms with Crippen molar-refractivity contribution in [3.8, 4) is 0 Å². The molecule has 0 aliphatic heterocycles. The fourth-order valence-electron chi connectivity index (χ4n) is 1.94. The lowest BCUT2D eigenvalue weighted by Crippen LogP contribution is -2.30. The minimum Gasteiger partial charge on any atom is -0.452 e. The predicted molar refractivity (Wildman–Crippen MR) is 85.5 cm³/mol. The number of rotatable bonds is 5. The maximum Gasteiger partial charge on any atom is 0.311 e. The number of carbonyl (C=O) groups excluding carboxylic acids is 2. The highest BCUT2D eigenvalue weighted by Gasteiger charge is 2.18. The zero-order chi connectivity index (χ0) is 16.8. The minimum absolute atomic E-state index is 0.106. The quantitative estimate of drug-likeness (QED) is 0.862. The Morgan fingerprint density at radius 2 is 1.70 bits per heavy atom. The second kappa shape index (κ2) is 7.54. The molecule has 2 aromatic carbocycles. The molecule has 0 saturated heterocycles. The fourth-order valence-corrected chi connectivity index (χ4v) is 1.94. The standard InChI is InChI=1S/C18H18FNO3/c1-12-3-5-14(6-4-12)11-17(21)23-13(2)18(22)20-16-9-7-15(19)8-10-16/h3-10,13H,11H2,1-2H3,(H,20,22)/t13-/m0/s1. The topological polar surface area (TPSA) is 55.4 Å². The fraction of sp³-hybridized carbons (Fsp3) is 0.222. The molecule has 0 aliphatic carbocycles. The van der Waals surface area contributed by atoms with Crippen LogP contribution in [0.25, 0.3) is 0 Å². The highest BCUT2D eigenvalue weighted by atomic mass is 19.1. The molecule has 0 aliphatic rings. The molecule has 1 amide bonds. The van der Waals surface area contributed by atoms with Crippen LogP contribution in [0.1, 0.15) is 18.1 Å². The van der Waals surface area contributed by atoms with E-state index in [2.05, 4.69) is 5.32 Å². The number of carbonyl (C=O) groups is 2. The van der Waals surface area contributed by atoms with Crippen molar-refractivity contribution in [1.29, 1.82) is 0 Å². The largest absolute Gasteiger partial charge is 0.452 e. The molecule has 4 nitrogen and oxygen atoms in total. The number of hydrogen-bond donors (Lipinski definition) is 1. The average Bonchev–Trinajstić information content (AvgIpc) is 2.51. The van der Waals surface area contributed by atoms with Gasteiger partial charge in [0.15, 0.2) is 6.10 Å². The minimum atomic E-state index is -0.932. The van der Waals surface area contributed by atoms with Gasteiger partial charge in [-0.25, -0.2) is 4.39 Å². The summed E-state index contributed by atoms with van der Waals surface area (Å²) in [4.78, 5) is 23.8. The van der Waals surface area contributed by atoms with Crippen LogP contribution >= 0.6 is 0 Å². The van der Waals surface area contributed by atoms with E-state index in [-0.39, 0.29) is 12.2 Å². The van der Waals surface area contributed by atoms with Gasteiger partial charge in [-0.1, -0.05) is 29.8 Å². The Balaban J connectivity index is 1.86. The summed E-state index contributed by atoms with van der Waals surface area (Å²) >= 11 is 0. The molecule has 5 heteroatoms. The normalized spacial score (nSPS) is 11.6. The molecular formula is C18H18FNO3. The predicted octanol–water partition coefficient (Wildman–Crippen LogP) is 3.25. The van der Waals surface area contributed by atoms with Gasteiger partial charge in [0.1, 0.15) is 5.82 Å². The molecule has 120 valence electrons. The highest BCUT2D eigenvalue weighted by Crippen LogP contribution is 2.10. The van der Waals surface area contributed by atoms with E-state index in [0.29, 0.717) is 5.69 Å². The summed E-state index contributed by atoms with van der Waals surface area (Å²) in [6, 6.07) is 12.9. The number of ether oxygens (including phenoxy) is 1. The van der Waals surface area contributed by atoms with E-state index in [1.54, 1.807) is 0 Å². The van der Waals surface area contributed by atoms with Gasteiger partial charge in [0.25, 0.3) is 5.91 Å². The third-order valence-electron chi connectivity index (χ3n) is 3.26. The second-order valence-corrected chi connectivity index (χ2v) is 5.29. The number of benzene rings is 2. The first-order valence-corrected chi connectivity index (χ1v) is 7.25. The summed E-state index contributed by atoms with van der Waals surface area (Å²) in [5.41, 5.74) is 2.37. The van der Waals surface area contributed by atoms with Crippen molar-refractivity contribution < 1.29 is 18.7 Å². The Morgan fingerprint density at radius 1 is 1.09 bits per heavy atom. The number of amides is 1. The summed E-state index contributed by atoms with van der Waals surface area (Å²) in [5, 5.41) is 2.56. The van der Waals surface area contributed by atoms with Crippen LogP contribution in [0.2, 0.25) is 0 Å². The first kappa shape index (κ1) is 16.7. The third-order valence-corrected chi connectivity index (χ3v) is 3.26. The smallest absolute Gasteiger partial charge is 0.311 e. The second-order valence-electron chi connectivity index (χ2n) is 5.29. The van der Waals surface area contributed by atoms with Gasteiger partial charge in [0, 0.05) is 5.69 Å². The zero-order valence-corrected chi connectivity index (χ0v) is 13.0.